The van der Waals surface area contributed by atoms with Crippen molar-refractivity contribution in [2.24, 2.45) is 5.92 Å². The highest BCUT2D eigenvalue weighted by molar-refractivity contribution is 5.83. The van der Waals surface area contributed by atoms with E-state index in [0.29, 0.717) is 32.5 Å². The molecule has 2 fully saturated rings. The molecule has 4 nitrogen and oxygen atoms in total. The molecule has 1 saturated heterocycles. The van der Waals surface area contributed by atoms with E-state index in [1.165, 1.54) is 19.3 Å². The summed E-state index contributed by atoms with van der Waals surface area (Å²) in [5, 5.41) is 10.0. The SMILES string of the molecule is CCCCCCCC(=O)[C@H]1[C@@H](O)CCC12OCCO2. The second-order valence-corrected chi connectivity index (χ2v) is 5.72. The van der Waals surface area contributed by atoms with Gasteiger partial charge in [-0.3, -0.25) is 4.79 Å². The number of ether oxygens (including phenoxy) is 2. The molecule has 19 heavy (non-hydrogen) atoms. The molecule has 1 heterocycles. The summed E-state index contributed by atoms with van der Waals surface area (Å²) in [6.45, 7) is 3.25. The van der Waals surface area contributed by atoms with Crippen LogP contribution >= 0.6 is 0 Å². The number of Topliss-reactive ketones (excluding diaryl/α,β-unsaturated/α-hetero) is 1. The van der Waals surface area contributed by atoms with Gasteiger partial charge in [0.2, 0.25) is 0 Å². The Bertz CT molecular complexity index is 297. The van der Waals surface area contributed by atoms with Crippen LogP contribution in [-0.2, 0) is 14.3 Å². The summed E-state index contributed by atoms with van der Waals surface area (Å²) < 4.78 is 11.3. The monoisotopic (exact) mass is 270 g/mol. The Morgan fingerprint density at radius 3 is 2.58 bits per heavy atom. The summed E-state index contributed by atoms with van der Waals surface area (Å²) in [6.07, 6.45) is 6.83. The molecule has 1 spiro atoms. The van der Waals surface area contributed by atoms with E-state index < -0.39 is 17.8 Å². The van der Waals surface area contributed by atoms with E-state index in [1.807, 2.05) is 0 Å². The van der Waals surface area contributed by atoms with Crippen LogP contribution in [-0.4, -0.2) is 36.0 Å². The summed E-state index contributed by atoms with van der Waals surface area (Å²) in [7, 11) is 0. The summed E-state index contributed by atoms with van der Waals surface area (Å²) in [6, 6.07) is 0. The summed E-state index contributed by atoms with van der Waals surface area (Å²) in [4.78, 5) is 12.3. The third-order valence-corrected chi connectivity index (χ3v) is 4.30. The molecule has 1 saturated carbocycles. The molecular weight excluding hydrogens is 244 g/mol. The second kappa shape index (κ2) is 6.82. The van der Waals surface area contributed by atoms with Crippen molar-refractivity contribution in [2.75, 3.05) is 13.2 Å². The molecule has 0 radical (unpaired) electrons. The first-order chi connectivity index (χ1) is 9.19. The molecule has 0 unspecified atom stereocenters. The smallest absolute Gasteiger partial charge is 0.180 e. The van der Waals surface area contributed by atoms with E-state index in [1.54, 1.807) is 0 Å². The van der Waals surface area contributed by atoms with Gasteiger partial charge in [0.05, 0.1) is 25.2 Å². The molecule has 0 aromatic heterocycles. The van der Waals surface area contributed by atoms with E-state index in [4.69, 9.17) is 9.47 Å². The quantitative estimate of drug-likeness (QED) is 0.722. The lowest BCUT2D eigenvalue weighted by molar-refractivity contribution is -0.193. The van der Waals surface area contributed by atoms with Gasteiger partial charge in [0, 0.05) is 12.8 Å². The lowest BCUT2D eigenvalue weighted by atomic mass is 9.91. The third kappa shape index (κ3) is 3.36. The minimum absolute atomic E-state index is 0.114. The fourth-order valence-corrected chi connectivity index (χ4v) is 3.28. The van der Waals surface area contributed by atoms with Gasteiger partial charge in [0.25, 0.3) is 0 Å². The van der Waals surface area contributed by atoms with Gasteiger partial charge in [-0.1, -0.05) is 32.6 Å². The van der Waals surface area contributed by atoms with Gasteiger partial charge in [-0.2, -0.15) is 0 Å². The molecule has 2 aliphatic rings. The standard InChI is InChI=1S/C15H26O4/c1-2-3-4-5-6-7-12(16)14-13(17)8-9-15(14)18-10-11-19-15/h13-14,17H,2-11H2,1H3/t13-,14-/m0/s1. The van der Waals surface area contributed by atoms with Gasteiger partial charge in [-0.25, -0.2) is 0 Å². The Morgan fingerprint density at radius 2 is 1.89 bits per heavy atom. The highest BCUT2D eigenvalue weighted by Crippen LogP contribution is 2.43. The van der Waals surface area contributed by atoms with Crippen molar-refractivity contribution in [3.63, 3.8) is 0 Å². The molecular formula is C15H26O4. The predicted octanol–water partition coefficient (Wildman–Crippen LogP) is 2.43. The third-order valence-electron chi connectivity index (χ3n) is 4.30. The van der Waals surface area contributed by atoms with Crippen LogP contribution in [0.15, 0.2) is 0 Å². The Morgan fingerprint density at radius 1 is 1.21 bits per heavy atom. The number of carbonyl (C=O) groups excluding carboxylic acids is 1. The lowest BCUT2D eigenvalue weighted by Gasteiger charge is -2.29. The highest BCUT2D eigenvalue weighted by atomic mass is 16.7. The van der Waals surface area contributed by atoms with Gasteiger partial charge < -0.3 is 14.6 Å². The molecule has 1 aliphatic carbocycles. The number of aliphatic hydroxyl groups excluding tert-OH is 1. The van der Waals surface area contributed by atoms with Crippen molar-refractivity contribution in [3.8, 4) is 0 Å². The zero-order valence-electron chi connectivity index (χ0n) is 11.9. The Hall–Kier alpha value is -0.450. The highest BCUT2D eigenvalue weighted by Gasteiger charge is 2.55. The molecule has 4 heteroatoms. The number of ketones is 1. The normalized spacial score (nSPS) is 29.2. The van der Waals surface area contributed by atoms with Crippen molar-refractivity contribution in [2.45, 2.75) is 70.2 Å². The molecule has 1 N–H and O–H groups in total. The van der Waals surface area contributed by atoms with Crippen molar-refractivity contribution < 1.29 is 19.4 Å². The maximum atomic E-state index is 12.3. The van der Waals surface area contributed by atoms with E-state index in [0.717, 1.165) is 12.8 Å². The Labute approximate surface area is 115 Å². The van der Waals surface area contributed by atoms with Crippen LogP contribution in [0.2, 0.25) is 0 Å². The van der Waals surface area contributed by atoms with E-state index in [-0.39, 0.29) is 5.78 Å². The lowest BCUT2D eigenvalue weighted by Crippen LogP contribution is -2.43. The topological polar surface area (TPSA) is 55.8 Å². The summed E-state index contributed by atoms with van der Waals surface area (Å²) >= 11 is 0. The maximum Gasteiger partial charge on any atom is 0.180 e. The summed E-state index contributed by atoms with van der Waals surface area (Å²) in [5.74, 6) is -1.16. The molecule has 0 aromatic rings. The second-order valence-electron chi connectivity index (χ2n) is 5.72. The van der Waals surface area contributed by atoms with Crippen LogP contribution in [0.3, 0.4) is 0 Å². The van der Waals surface area contributed by atoms with Crippen LogP contribution in [0.25, 0.3) is 0 Å². The number of carbonyl (C=O) groups is 1. The summed E-state index contributed by atoms with van der Waals surface area (Å²) in [5.41, 5.74) is 0. The van der Waals surface area contributed by atoms with Gasteiger partial charge in [0.15, 0.2) is 5.79 Å². The average molecular weight is 270 g/mol. The first kappa shape index (κ1) is 14.9. The zero-order chi connectivity index (χ0) is 13.7. The Kier molecular flexibility index (Phi) is 5.37. The van der Waals surface area contributed by atoms with E-state index in [2.05, 4.69) is 6.92 Å². The predicted molar refractivity (Wildman–Crippen MR) is 71.7 cm³/mol. The molecule has 1 aliphatic heterocycles. The fourth-order valence-electron chi connectivity index (χ4n) is 3.28. The van der Waals surface area contributed by atoms with Crippen LogP contribution in [0.1, 0.15) is 58.3 Å². The zero-order valence-corrected chi connectivity index (χ0v) is 11.9. The average Bonchev–Trinajstić information content (AvgIpc) is 2.98. The number of aliphatic hydroxyl groups is 1. The first-order valence-corrected chi connectivity index (χ1v) is 7.68. The minimum Gasteiger partial charge on any atom is -0.392 e. The van der Waals surface area contributed by atoms with Gasteiger partial charge in [-0.05, 0) is 12.8 Å². The Balaban J connectivity index is 1.82. The number of unbranched alkanes of at least 4 members (excludes halogenated alkanes) is 4. The van der Waals surface area contributed by atoms with E-state index >= 15 is 0 Å². The molecule has 110 valence electrons. The number of hydrogen-bond donors (Lipinski definition) is 1. The molecule has 0 amide bonds. The molecule has 2 rings (SSSR count). The number of hydrogen-bond acceptors (Lipinski definition) is 4. The van der Waals surface area contributed by atoms with Crippen molar-refractivity contribution in [1.29, 1.82) is 0 Å². The van der Waals surface area contributed by atoms with Crippen molar-refractivity contribution >= 4 is 5.78 Å². The van der Waals surface area contributed by atoms with E-state index in [9.17, 15) is 9.90 Å². The van der Waals surface area contributed by atoms with Crippen LogP contribution in [0.5, 0.6) is 0 Å². The van der Waals surface area contributed by atoms with Crippen LogP contribution in [0.4, 0.5) is 0 Å². The maximum absolute atomic E-state index is 12.3. The molecule has 0 aromatic carbocycles. The van der Waals surface area contributed by atoms with Crippen molar-refractivity contribution in [3.05, 3.63) is 0 Å². The fraction of sp³-hybridized carbons (Fsp3) is 0.933. The van der Waals surface area contributed by atoms with Gasteiger partial charge >= 0.3 is 0 Å². The first-order valence-electron chi connectivity index (χ1n) is 7.68. The van der Waals surface area contributed by atoms with Gasteiger partial charge in [-0.15, -0.1) is 0 Å². The van der Waals surface area contributed by atoms with Gasteiger partial charge in [0.1, 0.15) is 5.78 Å². The minimum atomic E-state index is -0.806. The van der Waals surface area contributed by atoms with Crippen molar-refractivity contribution in [1.82, 2.24) is 0 Å². The number of rotatable bonds is 7. The van der Waals surface area contributed by atoms with Crippen LogP contribution < -0.4 is 0 Å². The molecule has 0 bridgehead atoms. The largest absolute Gasteiger partial charge is 0.392 e. The molecule has 2 atom stereocenters. The van der Waals surface area contributed by atoms with Crippen LogP contribution in [0, 0.1) is 5.92 Å².